The van der Waals surface area contributed by atoms with Crippen LogP contribution in [0.3, 0.4) is 0 Å². The van der Waals surface area contributed by atoms with Gasteiger partial charge in [-0.2, -0.15) is 0 Å². The molecule has 1 fully saturated rings. The average Bonchev–Trinajstić information content (AvgIpc) is 2.96. The zero-order chi connectivity index (χ0) is 28.5. The van der Waals surface area contributed by atoms with E-state index in [1.807, 2.05) is 59.5 Å². The monoisotopic (exact) mass is 639 g/mol. The van der Waals surface area contributed by atoms with Crippen molar-refractivity contribution in [3.63, 3.8) is 0 Å². The fourth-order valence-corrected chi connectivity index (χ4v) is 6.10. The van der Waals surface area contributed by atoms with Crippen molar-refractivity contribution in [2.75, 3.05) is 36.8 Å². The second-order valence-corrected chi connectivity index (χ2v) is 12.8. The van der Waals surface area contributed by atoms with Crippen molar-refractivity contribution in [1.29, 1.82) is 0 Å². The maximum Gasteiger partial charge on any atom is 0.242 e. The van der Waals surface area contributed by atoms with Crippen LogP contribution in [0.2, 0.25) is 10.0 Å². The minimum Gasteiger partial charge on any atom is -0.375 e. The fourth-order valence-electron chi connectivity index (χ4n) is 4.80. The lowest BCUT2D eigenvalue weighted by Gasteiger charge is -2.36. The molecule has 0 bridgehead atoms. The minimum atomic E-state index is -3.42. The molecule has 1 saturated heterocycles. The number of rotatable bonds is 12. The highest BCUT2D eigenvalue weighted by Crippen LogP contribution is 2.25. The van der Waals surface area contributed by atoms with Crippen LogP contribution in [0.1, 0.15) is 24.0 Å². The summed E-state index contributed by atoms with van der Waals surface area (Å²) in [6, 6.07) is 23.9. The number of hydrogen-bond acceptors (Lipinski definition) is 5. The Bertz CT molecular complexity index is 1360. The second kappa shape index (κ2) is 15.8. The number of likely N-dealkylation sites (tertiary alicyclic amines) is 1. The van der Waals surface area contributed by atoms with Crippen molar-refractivity contribution in [2.45, 2.75) is 32.0 Å². The summed E-state index contributed by atoms with van der Waals surface area (Å²) in [7, 11) is -3.42. The molecule has 0 aromatic heterocycles. The number of nitrogens with zero attached hydrogens (tertiary/aromatic N) is 2. The van der Waals surface area contributed by atoms with Crippen LogP contribution in [0, 0.1) is 5.92 Å². The van der Waals surface area contributed by atoms with E-state index in [1.165, 1.54) is 10.6 Å². The van der Waals surface area contributed by atoms with E-state index < -0.39 is 16.1 Å². The molecule has 1 aliphatic heterocycles. The minimum absolute atomic E-state index is 0. The summed E-state index contributed by atoms with van der Waals surface area (Å²) < 4.78 is 32.5. The van der Waals surface area contributed by atoms with Crippen molar-refractivity contribution in [3.05, 3.63) is 100 Å². The van der Waals surface area contributed by atoms with Crippen LogP contribution in [-0.2, 0) is 32.7 Å². The fraction of sp³-hybridized carbons (Fsp3) is 0.367. The van der Waals surface area contributed by atoms with Gasteiger partial charge in [0.05, 0.1) is 35.2 Å². The Kier molecular flexibility index (Phi) is 12.8. The predicted molar refractivity (Wildman–Crippen MR) is 168 cm³/mol. The predicted octanol–water partition coefficient (Wildman–Crippen LogP) is 5.80. The number of carbonyl (C=O) groups excluding carboxylic acids is 1. The van der Waals surface area contributed by atoms with Gasteiger partial charge in [0.2, 0.25) is 15.9 Å². The Morgan fingerprint density at radius 2 is 1.61 bits per heavy atom. The number of benzene rings is 3. The zero-order valence-corrected chi connectivity index (χ0v) is 26.1. The first-order valence-electron chi connectivity index (χ1n) is 13.3. The van der Waals surface area contributed by atoms with Gasteiger partial charge in [-0.25, -0.2) is 8.42 Å². The van der Waals surface area contributed by atoms with Crippen molar-refractivity contribution < 1.29 is 17.9 Å². The summed E-state index contributed by atoms with van der Waals surface area (Å²) in [4.78, 5) is 15.5. The highest BCUT2D eigenvalue weighted by atomic mass is 35.5. The van der Waals surface area contributed by atoms with Crippen LogP contribution in [-0.4, -0.2) is 57.8 Å². The summed E-state index contributed by atoms with van der Waals surface area (Å²) in [5.74, 6) is 0.132. The molecule has 4 rings (SSSR count). The van der Waals surface area contributed by atoms with E-state index in [0.29, 0.717) is 48.5 Å². The van der Waals surface area contributed by atoms with Gasteiger partial charge in [0.15, 0.2) is 0 Å². The summed E-state index contributed by atoms with van der Waals surface area (Å²) >= 11 is 12.1. The van der Waals surface area contributed by atoms with Gasteiger partial charge >= 0.3 is 0 Å². The molecular formula is C30H36Cl3N3O4S. The molecule has 1 unspecified atom stereocenters. The van der Waals surface area contributed by atoms with E-state index in [1.54, 1.807) is 24.3 Å². The average molecular weight is 641 g/mol. The van der Waals surface area contributed by atoms with E-state index in [4.69, 9.17) is 27.9 Å². The molecule has 41 heavy (non-hydrogen) atoms. The third-order valence-corrected chi connectivity index (χ3v) is 8.93. The highest BCUT2D eigenvalue weighted by molar-refractivity contribution is 7.92. The molecular weight excluding hydrogens is 605 g/mol. The molecule has 1 amide bonds. The lowest BCUT2D eigenvalue weighted by atomic mass is 9.96. The second-order valence-electron chi connectivity index (χ2n) is 10.1. The number of anilines is 1. The van der Waals surface area contributed by atoms with Gasteiger partial charge in [-0.05, 0) is 54.2 Å². The van der Waals surface area contributed by atoms with E-state index in [2.05, 4.69) is 5.32 Å². The topological polar surface area (TPSA) is 79.0 Å². The Labute approximate surface area is 259 Å². The first-order chi connectivity index (χ1) is 19.2. The van der Waals surface area contributed by atoms with Gasteiger partial charge in [0, 0.05) is 26.2 Å². The summed E-state index contributed by atoms with van der Waals surface area (Å²) in [6.07, 6.45) is 2.68. The van der Waals surface area contributed by atoms with Crippen LogP contribution in [0.25, 0.3) is 0 Å². The normalized spacial score (nSPS) is 14.8. The molecule has 222 valence electrons. The van der Waals surface area contributed by atoms with E-state index in [0.717, 1.165) is 24.0 Å². The lowest BCUT2D eigenvalue weighted by molar-refractivity contribution is -0.136. The quantitative estimate of drug-likeness (QED) is 0.271. The number of hydrogen-bond donors (Lipinski definition) is 1. The molecule has 1 aliphatic rings. The highest BCUT2D eigenvalue weighted by Gasteiger charge is 2.30. The van der Waals surface area contributed by atoms with Gasteiger partial charge in [0.25, 0.3) is 0 Å². The molecule has 1 atom stereocenters. The number of halogens is 3. The number of nitrogens with one attached hydrogen (secondary N) is 1. The van der Waals surface area contributed by atoms with Crippen molar-refractivity contribution in [1.82, 2.24) is 10.2 Å². The van der Waals surface area contributed by atoms with Crippen molar-refractivity contribution >= 4 is 57.2 Å². The van der Waals surface area contributed by atoms with Crippen molar-refractivity contribution in [3.8, 4) is 0 Å². The summed E-state index contributed by atoms with van der Waals surface area (Å²) in [5.41, 5.74) is 2.61. The molecule has 0 saturated carbocycles. The maximum absolute atomic E-state index is 13.6. The number of amides is 1. The molecule has 0 spiro atoms. The molecule has 0 aliphatic carbocycles. The van der Waals surface area contributed by atoms with E-state index >= 15 is 0 Å². The number of piperidine rings is 1. The van der Waals surface area contributed by atoms with Gasteiger partial charge < -0.3 is 9.64 Å². The molecule has 3 aromatic rings. The first-order valence-corrected chi connectivity index (χ1v) is 15.9. The number of carbonyl (C=O) groups is 1. The Hall–Kier alpha value is -2.33. The molecule has 11 heteroatoms. The smallest absolute Gasteiger partial charge is 0.242 e. The SMILES string of the molecule is CS(=O)(=O)N(CC1CCN(C(=O)C(COCc2ccc(Cl)c(Cl)c2)NCc2ccccc2)CC1)c1ccccc1.Cl. The molecule has 3 aromatic carbocycles. The van der Waals surface area contributed by atoms with Crippen LogP contribution in [0.15, 0.2) is 78.9 Å². The third kappa shape index (κ3) is 9.87. The third-order valence-electron chi connectivity index (χ3n) is 7.03. The Morgan fingerprint density at radius 3 is 2.22 bits per heavy atom. The first kappa shape index (κ1) is 33.2. The number of sulfonamides is 1. The Balaban J connectivity index is 0.00000462. The van der Waals surface area contributed by atoms with E-state index in [9.17, 15) is 13.2 Å². The van der Waals surface area contributed by atoms with Crippen LogP contribution in [0.4, 0.5) is 5.69 Å². The molecule has 0 radical (unpaired) electrons. The number of para-hydroxylation sites is 1. The van der Waals surface area contributed by atoms with Gasteiger partial charge in [-0.3, -0.25) is 14.4 Å². The van der Waals surface area contributed by atoms with Gasteiger partial charge in [-0.15, -0.1) is 12.4 Å². The van der Waals surface area contributed by atoms with Crippen molar-refractivity contribution in [2.24, 2.45) is 5.92 Å². The van der Waals surface area contributed by atoms with Gasteiger partial charge in [-0.1, -0.05) is 77.8 Å². The van der Waals surface area contributed by atoms with Crippen LogP contribution >= 0.6 is 35.6 Å². The Morgan fingerprint density at radius 1 is 0.976 bits per heavy atom. The zero-order valence-electron chi connectivity index (χ0n) is 22.9. The lowest BCUT2D eigenvalue weighted by Crippen LogP contribution is -2.51. The maximum atomic E-state index is 13.6. The molecule has 1 N–H and O–H groups in total. The van der Waals surface area contributed by atoms with E-state index in [-0.39, 0.29) is 30.8 Å². The summed E-state index contributed by atoms with van der Waals surface area (Å²) in [6.45, 7) is 2.55. The van der Waals surface area contributed by atoms with Crippen LogP contribution in [0.5, 0.6) is 0 Å². The van der Waals surface area contributed by atoms with Crippen LogP contribution < -0.4 is 9.62 Å². The number of ether oxygens (including phenoxy) is 1. The summed E-state index contributed by atoms with van der Waals surface area (Å²) in [5, 5.41) is 4.32. The van der Waals surface area contributed by atoms with Gasteiger partial charge in [0.1, 0.15) is 6.04 Å². The standard InChI is InChI=1S/C30H35Cl2N3O4S.ClH/c1-40(37,38)35(26-10-6-3-7-11-26)20-24-14-16-34(17-15-24)30(36)29(33-19-23-8-4-2-5-9-23)22-39-21-25-12-13-27(31)28(32)18-25;/h2-13,18,24,29,33H,14-17,19-22H2,1H3;1H. The molecule has 1 heterocycles. The molecule has 7 nitrogen and oxygen atoms in total. The largest absolute Gasteiger partial charge is 0.375 e.